The van der Waals surface area contributed by atoms with Crippen LogP contribution in [0.3, 0.4) is 0 Å². The van der Waals surface area contributed by atoms with Gasteiger partial charge in [-0.1, -0.05) is 11.6 Å². The summed E-state index contributed by atoms with van der Waals surface area (Å²) in [7, 11) is -3.75. The van der Waals surface area contributed by atoms with E-state index in [9.17, 15) is 8.42 Å². The van der Waals surface area contributed by atoms with Crippen LogP contribution in [0.15, 0.2) is 34.8 Å². The maximum atomic E-state index is 11.4. The van der Waals surface area contributed by atoms with Crippen LogP contribution >= 0.6 is 22.9 Å². The SMILES string of the molecule is NS(=O)(=O)c1ccc(-c2nc(Nc3cc(C4CC4)c[nH]3)ncc2Cl)s1. The Bertz CT molecular complexity index is 1040. The third kappa shape index (κ3) is 3.54. The molecule has 0 unspecified atom stereocenters. The summed E-state index contributed by atoms with van der Waals surface area (Å²) in [6.07, 6.45) is 5.91. The Morgan fingerprint density at radius 1 is 1.36 bits per heavy atom. The van der Waals surface area contributed by atoms with E-state index in [1.807, 2.05) is 12.3 Å². The van der Waals surface area contributed by atoms with Crippen LogP contribution in [0.4, 0.5) is 11.8 Å². The smallest absolute Gasteiger partial charge is 0.247 e. The van der Waals surface area contributed by atoms with Crippen molar-refractivity contribution >= 4 is 44.7 Å². The number of nitrogens with one attached hydrogen (secondary N) is 2. The van der Waals surface area contributed by atoms with Crippen LogP contribution in [0.2, 0.25) is 5.02 Å². The number of hydrogen-bond donors (Lipinski definition) is 3. The van der Waals surface area contributed by atoms with Crippen LogP contribution in [0.25, 0.3) is 10.6 Å². The molecule has 3 heterocycles. The second-order valence-corrected chi connectivity index (χ2v) is 9.08. The standard InChI is InChI=1S/C15H14ClN5O2S2/c16-10-7-19-15(20-12-5-9(6-18-12)8-1-2-8)21-14(10)11-3-4-13(24-11)25(17,22)23/h3-8,18H,1-2H2,(H2,17,22,23)(H,19,20,21). The fourth-order valence-electron chi connectivity index (χ4n) is 2.46. The van der Waals surface area contributed by atoms with Gasteiger partial charge in [-0.25, -0.2) is 23.5 Å². The molecule has 0 aromatic carbocycles. The van der Waals surface area contributed by atoms with Crippen molar-refractivity contribution in [3.63, 3.8) is 0 Å². The molecule has 4 rings (SSSR count). The fourth-order valence-corrected chi connectivity index (χ4v) is 4.44. The number of rotatable bonds is 5. The van der Waals surface area contributed by atoms with E-state index >= 15 is 0 Å². The number of halogens is 1. The second kappa shape index (κ2) is 6.10. The number of sulfonamides is 1. The third-order valence-electron chi connectivity index (χ3n) is 3.84. The van der Waals surface area contributed by atoms with Gasteiger partial charge in [-0.05, 0) is 42.5 Å². The number of anilines is 2. The average Bonchev–Trinajstić information content (AvgIpc) is 3.09. The molecule has 0 spiro atoms. The van der Waals surface area contributed by atoms with Gasteiger partial charge in [-0.2, -0.15) is 0 Å². The van der Waals surface area contributed by atoms with E-state index in [0.29, 0.717) is 27.5 Å². The molecule has 1 saturated carbocycles. The molecule has 1 fully saturated rings. The van der Waals surface area contributed by atoms with Crippen LogP contribution in [-0.4, -0.2) is 23.4 Å². The van der Waals surface area contributed by atoms with Crippen molar-refractivity contribution in [1.82, 2.24) is 15.0 Å². The predicted octanol–water partition coefficient (Wildman–Crippen LogP) is 3.46. The summed E-state index contributed by atoms with van der Waals surface area (Å²) in [5.41, 5.74) is 1.72. The zero-order chi connectivity index (χ0) is 17.6. The molecule has 0 bridgehead atoms. The Hall–Kier alpha value is -1.94. The van der Waals surface area contributed by atoms with Crippen molar-refractivity contribution in [3.8, 4) is 10.6 Å². The molecular weight excluding hydrogens is 382 g/mol. The minimum atomic E-state index is -3.75. The molecule has 0 atom stereocenters. The number of hydrogen-bond acceptors (Lipinski definition) is 6. The van der Waals surface area contributed by atoms with Gasteiger partial charge in [0.25, 0.3) is 0 Å². The summed E-state index contributed by atoms with van der Waals surface area (Å²) in [4.78, 5) is 12.3. The number of aromatic nitrogens is 3. The van der Waals surface area contributed by atoms with Crippen molar-refractivity contribution in [1.29, 1.82) is 0 Å². The predicted molar refractivity (Wildman–Crippen MR) is 97.8 cm³/mol. The topological polar surface area (TPSA) is 114 Å². The Morgan fingerprint density at radius 3 is 2.84 bits per heavy atom. The molecule has 0 radical (unpaired) electrons. The van der Waals surface area contributed by atoms with E-state index in [-0.39, 0.29) is 4.21 Å². The molecule has 130 valence electrons. The third-order valence-corrected chi connectivity index (χ3v) is 6.65. The van der Waals surface area contributed by atoms with Gasteiger partial charge in [-0.15, -0.1) is 11.3 Å². The molecule has 1 aliphatic rings. The molecule has 10 heteroatoms. The van der Waals surface area contributed by atoms with Crippen LogP contribution in [0.5, 0.6) is 0 Å². The van der Waals surface area contributed by atoms with E-state index in [2.05, 4.69) is 20.3 Å². The van der Waals surface area contributed by atoms with Gasteiger partial charge in [0.15, 0.2) is 0 Å². The highest BCUT2D eigenvalue weighted by Crippen LogP contribution is 2.41. The number of aromatic amines is 1. The number of nitrogens with zero attached hydrogens (tertiary/aromatic N) is 2. The fraction of sp³-hybridized carbons (Fsp3) is 0.200. The molecule has 7 nitrogen and oxygen atoms in total. The summed E-state index contributed by atoms with van der Waals surface area (Å²) in [5.74, 6) is 1.82. The maximum Gasteiger partial charge on any atom is 0.247 e. The van der Waals surface area contributed by atoms with Crippen molar-refractivity contribution in [2.75, 3.05) is 5.32 Å². The minimum absolute atomic E-state index is 0.0603. The van der Waals surface area contributed by atoms with Crippen LogP contribution in [0, 0.1) is 0 Å². The summed E-state index contributed by atoms with van der Waals surface area (Å²) < 4.78 is 22.9. The summed E-state index contributed by atoms with van der Waals surface area (Å²) in [6, 6.07) is 5.11. The molecule has 0 saturated heterocycles. The van der Waals surface area contributed by atoms with Gasteiger partial charge in [0.05, 0.1) is 16.1 Å². The van der Waals surface area contributed by atoms with Crippen LogP contribution in [0.1, 0.15) is 24.3 Å². The van der Waals surface area contributed by atoms with Gasteiger partial charge in [0.1, 0.15) is 15.7 Å². The van der Waals surface area contributed by atoms with Gasteiger partial charge in [0.2, 0.25) is 16.0 Å². The minimum Gasteiger partial charge on any atom is -0.348 e. The zero-order valence-corrected chi connectivity index (χ0v) is 15.2. The Morgan fingerprint density at radius 2 is 2.16 bits per heavy atom. The first-order chi connectivity index (χ1) is 11.9. The molecule has 1 aliphatic carbocycles. The molecule has 0 aliphatic heterocycles. The lowest BCUT2D eigenvalue weighted by Crippen LogP contribution is -2.09. The second-order valence-electron chi connectivity index (χ2n) is 5.80. The van der Waals surface area contributed by atoms with Crippen LogP contribution in [-0.2, 0) is 10.0 Å². The van der Waals surface area contributed by atoms with Crippen molar-refractivity contribution in [2.45, 2.75) is 23.0 Å². The van der Waals surface area contributed by atoms with Gasteiger partial charge >= 0.3 is 0 Å². The van der Waals surface area contributed by atoms with Crippen LogP contribution < -0.4 is 10.5 Å². The van der Waals surface area contributed by atoms with E-state index in [1.54, 1.807) is 6.07 Å². The Kier molecular flexibility index (Phi) is 4.03. The van der Waals surface area contributed by atoms with E-state index < -0.39 is 10.0 Å². The molecule has 4 N–H and O–H groups in total. The molecular formula is C15H14ClN5O2S2. The molecule has 0 amide bonds. The van der Waals surface area contributed by atoms with Crippen molar-refractivity contribution < 1.29 is 8.42 Å². The quantitative estimate of drug-likeness (QED) is 0.612. The molecule has 3 aromatic rings. The monoisotopic (exact) mass is 395 g/mol. The number of primary sulfonamides is 1. The first kappa shape index (κ1) is 16.5. The largest absolute Gasteiger partial charge is 0.348 e. The normalized spacial score (nSPS) is 14.6. The average molecular weight is 396 g/mol. The van der Waals surface area contributed by atoms with Crippen molar-refractivity contribution in [3.05, 3.63) is 41.2 Å². The highest BCUT2D eigenvalue weighted by molar-refractivity contribution is 7.91. The number of thiophene rings is 1. The summed E-state index contributed by atoms with van der Waals surface area (Å²) >= 11 is 7.19. The first-order valence-electron chi connectivity index (χ1n) is 7.51. The lowest BCUT2D eigenvalue weighted by molar-refractivity contribution is 0.600. The lowest BCUT2D eigenvalue weighted by Gasteiger charge is -2.05. The van der Waals surface area contributed by atoms with Crippen molar-refractivity contribution in [2.24, 2.45) is 5.14 Å². The van der Waals surface area contributed by atoms with Gasteiger partial charge in [-0.3, -0.25) is 0 Å². The number of H-pyrrole nitrogens is 1. The Labute approximate surface area is 153 Å². The van der Waals surface area contributed by atoms with E-state index in [4.69, 9.17) is 16.7 Å². The maximum absolute atomic E-state index is 11.4. The molecule has 25 heavy (non-hydrogen) atoms. The highest BCUT2D eigenvalue weighted by atomic mass is 35.5. The molecule has 3 aromatic heterocycles. The van der Waals surface area contributed by atoms with Gasteiger partial charge < -0.3 is 10.3 Å². The lowest BCUT2D eigenvalue weighted by atomic mass is 10.2. The highest BCUT2D eigenvalue weighted by Gasteiger charge is 2.24. The van der Waals surface area contributed by atoms with E-state index in [1.165, 1.54) is 30.7 Å². The zero-order valence-electron chi connectivity index (χ0n) is 12.9. The van der Waals surface area contributed by atoms with E-state index in [0.717, 1.165) is 17.2 Å². The Balaban J connectivity index is 1.62. The number of nitrogens with two attached hydrogens (primary N) is 1. The summed E-state index contributed by atoms with van der Waals surface area (Å²) in [6.45, 7) is 0. The van der Waals surface area contributed by atoms with Gasteiger partial charge in [0, 0.05) is 6.20 Å². The first-order valence-corrected chi connectivity index (χ1v) is 10.2. The summed E-state index contributed by atoms with van der Waals surface area (Å²) in [5, 5.41) is 8.59.